The van der Waals surface area contributed by atoms with Crippen LogP contribution in [0.1, 0.15) is 10.4 Å². The van der Waals surface area contributed by atoms with Gasteiger partial charge < -0.3 is 5.32 Å². The van der Waals surface area contributed by atoms with E-state index in [-0.39, 0.29) is 12.1 Å². The van der Waals surface area contributed by atoms with E-state index in [4.69, 9.17) is 23.2 Å². The van der Waals surface area contributed by atoms with Crippen LogP contribution in [0.3, 0.4) is 0 Å². The Morgan fingerprint density at radius 2 is 1.57 bits per heavy atom. The number of amides is 2. The second-order valence-corrected chi connectivity index (χ2v) is 6.73. The fourth-order valence-corrected chi connectivity index (χ4v) is 2.85. The molecule has 3 aromatic carbocycles. The maximum atomic E-state index is 13.2. The molecule has 3 rings (SSSR count). The van der Waals surface area contributed by atoms with Crippen LogP contribution >= 0.6 is 23.2 Å². The molecule has 0 aromatic heterocycles. The van der Waals surface area contributed by atoms with Crippen molar-refractivity contribution in [2.24, 2.45) is 0 Å². The fourth-order valence-electron chi connectivity index (χ4n) is 2.55. The largest absolute Gasteiger partial charge is 0.324 e. The lowest BCUT2D eigenvalue weighted by atomic mass is 10.1. The molecule has 0 atom stereocenters. The van der Waals surface area contributed by atoms with E-state index in [1.807, 2.05) is 0 Å². The summed E-state index contributed by atoms with van der Waals surface area (Å²) in [6.07, 6.45) is 0. The summed E-state index contributed by atoms with van der Waals surface area (Å²) in [4.78, 5) is 26.8. The van der Waals surface area contributed by atoms with Crippen LogP contribution < -0.4 is 10.2 Å². The summed E-state index contributed by atoms with van der Waals surface area (Å²) in [5.74, 6) is -1.28. The Labute approximate surface area is 171 Å². The molecule has 0 unspecified atom stereocenters. The monoisotopic (exact) mass is 416 g/mol. The van der Waals surface area contributed by atoms with Crippen LogP contribution in [0.15, 0.2) is 72.8 Å². The number of nitrogens with zero attached hydrogens (tertiary/aromatic N) is 1. The zero-order chi connectivity index (χ0) is 20.1. The number of hydrogen-bond donors (Lipinski definition) is 1. The lowest BCUT2D eigenvalue weighted by molar-refractivity contribution is -0.114. The molecule has 1 N–H and O–H groups in total. The number of anilines is 2. The molecule has 2 amide bonds. The highest BCUT2D eigenvalue weighted by Gasteiger charge is 2.21. The van der Waals surface area contributed by atoms with Gasteiger partial charge in [0.2, 0.25) is 5.91 Å². The van der Waals surface area contributed by atoms with Gasteiger partial charge in [-0.25, -0.2) is 4.39 Å². The van der Waals surface area contributed by atoms with Crippen molar-refractivity contribution >= 4 is 46.4 Å². The Hall–Kier alpha value is -2.89. The molecule has 0 saturated carbocycles. The number of carbonyl (C=O) groups excluding carboxylic acids is 2. The Balaban J connectivity index is 1.82. The second-order valence-electron chi connectivity index (χ2n) is 5.91. The summed E-state index contributed by atoms with van der Waals surface area (Å²) in [6.45, 7) is -0.236. The van der Waals surface area contributed by atoms with Gasteiger partial charge in [-0.3, -0.25) is 14.5 Å². The number of benzene rings is 3. The van der Waals surface area contributed by atoms with Crippen molar-refractivity contribution in [1.29, 1.82) is 0 Å². The van der Waals surface area contributed by atoms with Crippen LogP contribution in [0, 0.1) is 5.82 Å². The molecular formula is C21H15Cl2FN2O2. The summed E-state index contributed by atoms with van der Waals surface area (Å²) in [5, 5.41) is 3.37. The predicted molar refractivity (Wildman–Crippen MR) is 110 cm³/mol. The molecular weight excluding hydrogens is 402 g/mol. The minimum Gasteiger partial charge on any atom is -0.324 e. The molecule has 28 heavy (non-hydrogen) atoms. The van der Waals surface area contributed by atoms with Gasteiger partial charge in [0.25, 0.3) is 5.91 Å². The molecule has 0 aliphatic rings. The third-order valence-electron chi connectivity index (χ3n) is 3.91. The van der Waals surface area contributed by atoms with Crippen molar-refractivity contribution in [1.82, 2.24) is 0 Å². The van der Waals surface area contributed by atoms with Gasteiger partial charge in [0.1, 0.15) is 12.4 Å². The van der Waals surface area contributed by atoms with Crippen molar-refractivity contribution in [2.45, 2.75) is 0 Å². The molecule has 0 fully saturated rings. The first-order chi connectivity index (χ1) is 13.4. The minimum atomic E-state index is -0.444. The van der Waals surface area contributed by atoms with Crippen LogP contribution in [-0.4, -0.2) is 18.4 Å². The predicted octanol–water partition coefficient (Wildman–Crippen LogP) is 5.42. The Bertz CT molecular complexity index is 995. The lowest BCUT2D eigenvalue weighted by Crippen LogP contribution is -2.38. The third-order valence-corrected chi connectivity index (χ3v) is 4.65. The van der Waals surface area contributed by atoms with E-state index in [1.54, 1.807) is 42.5 Å². The first-order valence-corrected chi connectivity index (χ1v) is 9.07. The number of nitrogens with one attached hydrogen (secondary N) is 1. The van der Waals surface area contributed by atoms with Crippen molar-refractivity contribution in [3.05, 3.63) is 94.2 Å². The van der Waals surface area contributed by atoms with Crippen molar-refractivity contribution in [3.8, 4) is 0 Å². The van der Waals surface area contributed by atoms with E-state index in [0.717, 1.165) is 0 Å². The highest BCUT2D eigenvalue weighted by molar-refractivity contribution is 6.42. The first kappa shape index (κ1) is 19.9. The molecule has 0 bridgehead atoms. The number of carbonyl (C=O) groups is 2. The van der Waals surface area contributed by atoms with E-state index in [0.29, 0.717) is 21.4 Å². The smallest absolute Gasteiger partial charge is 0.258 e. The molecule has 0 spiro atoms. The average Bonchev–Trinajstić information content (AvgIpc) is 2.70. The summed E-state index contributed by atoms with van der Waals surface area (Å²) < 4.78 is 13.2. The topological polar surface area (TPSA) is 49.4 Å². The number of rotatable bonds is 5. The lowest BCUT2D eigenvalue weighted by Gasteiger charge is -2.22. The van der Waals surface area contributed by atoms with Gasteiger partial charge in [0, 0.05) is 16.9 Å². The molecule has 3 aromatic rings. The molecule has 7 heteroatoms. The third kappa shape index (κ3) is 4.88. The minimum absolute atomic E-state index is 0.236. The molecule has 0 radical (unpaired) electrons. The maximum Gasteiger partial charge on any atom is 0.258 e. The summed E-state index contributed by atoms with van der Waals surface area (Å²) in [7, 11) is 0. The molecule has 0 heterocycles. The van der Waals surface area contributed by atoms with Crippen LogP contribution in [0.4, 0.5) is 15.8 Å². The number of hydrogen-bond acceptors (Lipinski definition) is 2. The zero-order valence-electron chi connectivity index (χ0n) is 14.5. The SMILES string of the molecule is O=C(CN(C(=O)c1ccc(F)cc1)c1ccccc1)Nc1ccc(Cl)c(Cl)c1. The first-order valence-electron chi connectivity index (χ1n) is 8.31. The van der Waals surface area contributed by atoms with Gasteiger partial charge in [-0.1, -0.05) is 41.4 Å². The Morgan fingerprint density at radius 1 is 0.893 bits per heavy atom. The normalized spacial score (nSPS) is 10.4. The quantitative estimate of drug-likeness (QED) is 0.603. The average molecular weight is 417 g/mol. The van der Waals surface area contributed by atoms with Gasteiger partial charge in [-0.05, 0) is 54.6 Å². The van der Waals surface area contributed by atoms with Gasteiger partial charge in [0.15, 0.2) is 0 Å². The Kier molecular flexibility index (Phi) is 6.29. The van der Waals surface area contributed by atoms with Crippen molar-refractivity contribution in [2.75, 3.05) is 16.8 Å². The van der Waals surface area contributed by atoms with Gasteiger partial charge in [-0.2, -0.15) is 0 Å². The molecule has 0 saturated heterocycles. The fraction of sp³-hybridized carbons (Fsp3) is 0.0476. The maximum absolute atomic E-state index is 13.2. The van der Waals surface area contributed by atoms with Crippen LogP contribution in [-0.2, 0) is 4.79 Å². The molecule has 142 valence electrons. The van der Waals surface area contributed by atoms with Crippen LogP contribution in [0.2, 0.25) is 10.0 Å². The molecule has 0 aliphatic carbocycles. The van der Waals surface area contributed by atoms with Gasteiger partial charge in [0.05, 0.1) is 10.0 Å². The molecule has 0 aliphatic heterocycles. The highest BCUT2D eigenvalue weighted by atomic mass is 35.5. The summed E-state index contributed by atoms with van der Waals surface area (Å²) in [6, 6.07) is 18.6. The van der Waals surface area contributed by atoms with Gasteiger partial charge >= 0.3 is 0 Å². The summed E-state index contributed by atoms with van der Waals surface area (Å²) in [5.41, 5.74) is 1.27. The van der Waals surface area contributed by atoms with E-state index in [2.05, 4.69) is 5.32 Å². The second kappa shape index (κ2) is 8.87. The van der Waals surface area contributed by atoms with E-state index < -0.39 is 17.6 Å². The number of halogens is 3. The summed E-state index contributed by atoms with van der Waals surface area (Å²) >= 11 is 11.8. The standard InChI is InChI=1S/C21H15Cl2FN2O2/c22-18-11-10-16(12-19(18)23)25-20(27)13-26(17-4-2-1-3-5-17)21(28)14-6-8-15(24)9-7-14/h1-12H,13H2,(H,25,27). The van der Waals surface area contributed by atoms with Gasteiger partial charge in [-0.15, -0.1) is 0 Å². The number of para-hydroxylation sites is 1. The zero-order valence-corrected chi connectivity index (χ0v) is 16.0. The van der Waals surface area contributed by atoms with E-state index >= 15 is 0 Å². The van der Waals surface area contributed by atoms with Crippen LogP contribution in [0.5, 0.6) is 0 Å². The van der Waals surface area contributed by atoms with E-state index in [1.165, 1.54) is 35.2 Å². The van der Waals surface area contributed by atoms with Crippen LogP contribution in [0.25, 0.3) is 0 Å². The molecule has 4 nitrogen and oxygen atoms in total. The van der Waals surface area contributed by atoms with Crippen molar-refractivity contribution < 1.29 is 14.0 Å². The highest BCUT2D eigenvalue weighted by Crippen LogP contribution is 2.25. The Morgan fingerprint density at radius 3 is 2.21 bits per heavy atom. The van der Waals surface area contributed by atoms with E-state index in [9.17, 15) is 14.0 Å². The van der Waals surface area contributed by atoms with Crippen molar-refractivity contribution in [3.63, 3.8) is 0 Å².